The maximum Gasteiger partial charge on any atom is 0.334 e. The van der Waals surface area contributed by atoms with E-state index in [1.165, 1.54) is 31.7 Å². The second-order valence-electron chi connectivity index (χ2n) is 4.05. The van der Waals surface area contributed by atoms with E-state index in [2.05, 4.69) is 6.55 Å². The number of hydrogen-bond acceptors (Lipinski definition) is 3. The van der Waals surface area contributed by atoms with Crippen molar-refractivity contribution in [2.75, 3.05) is 21.3 Å². The zero-order valence-electron chi connectivity index (χ0n) is 10.7. The van der Waals surface area contributed by atoms with Crippen LogP contribution in [0.4, 0.5) is 0 Å². The first kappa shape index (κ1) is 15.3. The van der Waals surface area contributed by atoms with Gasteiger partial charge in [-0.2, -0.15) is 0 Å². The van der Waals surface area contributed by atoms with Crippen molar-refractivity contribution >= 4 is 18.3 Å². The quantitative estimate of drug-likeness (QED) is 0.439. The summed E-state index contributed by atoms with van der Waals surface area (Å²) >= 11 is 0. The van der Waals surface area contributed by atoms with Crippen molar-refractivity contribution in [1.82, 2.24) is 0 Å². The molecule has 0 radical (unpaired) electrons. The van der Waals surface area contributed by atoms with Gasteiger partial charge in [-0.05, 0) is 18.6 Å². The molecule has 92 valence electrons. The van der Waals surface area contributed by atoms with Gasteiger partial charge in [0.05, 0.1) is 0 Å². The van der Waals surface area contributed by atoms with Crippen LogP contribution in [-0.2, 0) is 13.3 Å². The molecule has 0 atom stereocenters. The minimum atomic E-state index is -1.79. The molecule has 0 aliphatic heterocycles. The first-order valence-corrected chi connectivity index (χ1v) is 9.88. The maximum absolute atomic E-state index is 5.44. The number of hydrogen-bond donors (Lipinski definition) is 0. The Morgan fingerprint density at radius 3 is 2.07 bits per heavy atom. The fourth-order valence-corrected chi connectivity index (χ4v) is 3.82. The van der Waals surface area contributed by atoms with Gasteiger partial charge in [-0.25, -0.2) is 0 Å². The molecular weight excluding hydrogens is 224 g/mol. The summed E-state index contributed by atoms with van der Waals surface area (Å²) < 4.78 is 16.0. The summed E-state index contributed by atoms with van der Waals surface area (Å²) in [6, 6.07) is 2.43. The van der Waals surface area contributed by atoms with Gasteiger partial charge in [0.2, 0.25) is 0 Å². The molecule has 0 rings (SSSR count). The molecule has 5 heteroatoms. The van der Waals surface area contributed by atoms with E-state index < -0.39 is 8.56 Å². The number of unbranched alkanes of at least 4 members (excludes halogenated alkanes) is 3. The molecule has 0 amide bonds. The Bertz CT molecular complexity index is 141. The van der Waals surface area contributed by atoms with E-state index in [1.807, 2.05) is 7.11 Å². The van der Waals surface area contributed by atoms with Crippen molar-refractivity contribution in [3.8, 4) is 0 Å². The molecule has 0 fully saturated rings. The van der Waals surface area contributed by atoms with Gasteiger partial charge in [0.1, 0.15) is 0 Å². The third-order valence-electron chi connectivity index (χ3n) is 2.84. The van der Waals surface area contributed by atoms with Gasteiger partial charge in [-0.1, -0.05) is 25.7 Å². The highest BCUT2D eigenvalue weighted by Gasteiger charge is 2.27. The lowest BCUT2D eigenvalue weighted by atomic mass is 10.2. The fourth-order valence-electron chi connectivity index (χ4n) is 1.51. The van der Waals surface area contributed by atoms with Crippen molar-refractivity contribution in [2.45, 2.75) is 44.3 Å². The van der Waals surface area contributed by atoms with Gasteiger partial charge < -0.3 is 13.3 Å². The lowest BCUT2D eigenvalue weighted by molar-refractivity contribution is 0.248. The Kier molecular flexibility index (Phi) is 9.73. The zero-order valence-corrected chi connectivity index (χ0v) is 13.1. The van der Waals surface area contributed by atoms with Gasteiger partial charge in [0.25, 0.3) is 0 Å². The Labute approximate surface area is 97.7 Å². The average molecular weight is 250 g/mol. The summed E-state index contributed by atoms with van der Waals surface area (Å²) in [7, 11) is 3.37. The van der Waals surface area contributed by atoms with E-state index >= 15 is 0 Å². The first-order chi connectivity index (χ1) is 7.18. The summed E-state index contributed by atoms with van der Waals surface area (Å²) in [5.74, 6) is 0. The van der Waals surface area contributed by atoms with Crippen LogP contribution >= 0.6 is 0 Å². The van der Waals surface area contributed by atoms with Gasteiger partial charge in [-0.15, -0.1) is 0 Å². The molecule has 0 aromatic rings. The van der Waals surface area contributed by atoms with Crippen LogP contribution in [0.3, 0.4) is 0 Å². The Morgan fingerprint density at radius 2 is 1.53 bits per heavy atom. The molecular formula is C10H26O3Si2. The zero-order chi connectivity index (χ0) is 11.6. The fraction of sp³-hybridized carbons (Fsp3) is 1.00. The third kappa shape index (κ3) is 8.16. The molecule has 0 bridgehead atoms. The van der Waals surface area contributed by atoms with Crippen LogP contribution in [0.2, 0.25) is 18.6 Å². The van der Waals surface area contributed by atoms with Crippen molar-refractivity contribution in [2.24, 2.45) is 0 Å². The van der Waals surface area contributed by atoms with Gasteiger partial charge in [0.15, 0.2) is 9.76 Å². The largest absolute Gasteiger partial charge is 0.427 e. The van der Waals surface area contributed by atoms with Crippen LogP contribution in [0, 0.1) is 0 Å². The van der Waals surface area contributed by atoms with E-state index in [4.69, 9.17) is 13.3 Å². The van der Waals surface area contributed by atoms with Gasteiger partial charge in [-0.3, -0.25) is 0 Å². The van der Waals surface area contributed by atoms with Gasteiger partial charge in [0, 0.05) is 21.3 Å². The van der Waals surface area contributed by atoms with E-state index in [0.717, 1.165) is 6.04 Å². The van der Waals surface area contributed by atoms with Crippen molar-refractivity contribution in [1.29, 1.82) is 0 Å². The van der Waals surface area contributed by atoms with E-state index in [1.54, 1.807) is 14.2 Å². The summed E-state index contributed by atoms with van der Waals surface area (Å²) in [4.78, 5) is 0. The highest BCUT2D eigenvalue weighted by atomic mass is 28.4. The highest BCUT2D eigenvalue weighted by molar-refractivity contribution is 6.65. The molecule has 0 N–H and O–H groups in total. The van der Waals surface area contributed by atoms with Crippen LogP contribution in [0.25, 0.3) is 0 Å². The second-order valence-corrected chi connectivity index (χ2v) is 9.33. The summed E-state index contributed by atoms with van der Waals surface area (Å²) in [5, 5.41) is 0. The molecule has 0 aromatic carbocycles. The van der Waals surface area contributed by atoms with E-state index in [0.29, 0.717) is 0 Å². The van der Waals surface area contributed by atoms with Crippen molar-refractivity contribution in [3.05, 3.63) is 0 Å². The molecule has 0 unspecified atom stereocenters. The van der Waals surface area contributed by atoms with Crippen molar-refractivity contribution < 1.29 is 13.3 Å². The van der Waals surface area contributed by atoms with Crippen LogP contribution in [0.5, 0.6) is 0 Å². The Balaban J connectivity index is 3.29. The van der Waals surface area contributed by atoms with Crippen molar-refractivity contribution in [3.63, 3.8) is 0 Å². The Morgan fingerprint density at radius 1 is 0.933 bits per heavy atom. The van der Waals surface area contributed by atoms with E-state index in [9.17, 15) is 0 Å². The van der Waals surface area contributed by atoms with Crippen LogP contribution in [0.15, 0.2) is 0 Å². The molecule has 0 aliphatic carbocycles. The van der Waals surface area contributed by atoms with Crippen LogP contribution in [-0.4, -0.2) is 39.7 Å². The second kappa shape index (κ2) is 9.53. The highest BCUT2D eigenvalue weighted by Crippen LogP contribution is 2.16. The molecule has 15 heavy (non-hydrogen) atoms. The first-order valence-electron chi connectivity index (χ1n) is 5.78. The SMILES string of the molecule is CO[SiH2]CCCCCC[Si](C)(OC)OC. The molecule has 0 saturated carbocycles. The summed E-state index contributed by atoms with van der Waals surface area (Å²) in [6.45, 7) is 2.13. The molecule has 3 nitrogen and oxygen atoms in total. The predicted octanol–water partition coefficient (Wildman–Crippen LogP) is 2.06. The average Bonchev–Trinajstić information content (AvgIpc) is 2.27. The lowest BCUT2D eigenvalue weighted by Crippen LogP contribution is -2.35. The minimum absolute atomic E-state index is 0.189. The summed E-state index contributed by atoms with van der Waals surface area (Å²) in [6.07, 6.45) is 5.19. The predicted molar refractivity (Wildman–Crippen MR) is 69.3 cm³/mol. The monoisotopic (exact) mass is 250 g/mol. The molecule has 0 saturated heterocycles. The van der Waals surface area contributed by atoms with Crippen LogP contribution in [0.1, 0.15) is 25.7 Å². The Hall–Kier alpha value is 0.314. The van der Waals surface area contributed by atoms with Crippen LogP contribution < -0.4 is 0 Å². The third-order valence-corrected chi connectivity index (χ3v) is 7.03. The summed E-state index contributed by atoms with van der Waals surface area (Å²) in [5.41, 5.74) is 0. The lowest BCUT2D eigenvalue weighted by Gasteiger charge is -2.22. The minimum Gasteiger partial charge on any atom is -0.427 e. The van der Waals surface area contributed by atoms with E-state index in [-0.39, 0.29) is 9.76 Å². The molecule has 0 aliphatic rings. The molecule has 0 heterocycles. The standard InChI is InChI=1S/C10H26O3Si2/c1-11-14-9-7-5-6-8-10-15(4,12-2)13-3/h5-10,14H2,1-4H3. The van der Waals surface area contributed by atoms with Gasteiger partial charge >= 0.3 is 8.56 Å². The molecule has 0 aromatic heterocycles. The maximum atomic E-state index is 5.44. The normalized spacial score (nSPS) is 12.8. The number of rotatable bonds is 10. The topological polar surface area (TPSA) is 27.7 Å². The molecule has 0 spiro atoms. The smallest absolute Gasteiger partial charge is 0.334 e.